The number of nitrogens with two attached hydrogens (primary N) is 4. The molecule has 0 aromatic heterocycles. The number of nitrogens with one attached hydrogen (secondary N) is 3. The van der Waals surface area contributed by atoms with Crippen LogP contribution in [0.4, 0.5) is 0 Å². The van der Waals surface area contributed by atoms with Crippen LogP contribution in [-0.4, -0.2) is 95.4 Å². The molecule has 4 amide bonds. The van der Waals surface area contributed by atoms with Crippen LogP contribution in [-0.2, 0) is 24.0 Å². The van der Waals surface area contributed by atoms with Crippen LogP contribution in [0.3, 0.4) is 0 Å². The Hall–Kier alpha value is -3.46. The molecular formula is C23H43N9O6. The van der Waals surface area contributed by atoms with E-state index in [4.69, 9.17) is 22.9 Å². The van der Waals surface area contributed by atoms with Gasteiger partial charge < -0.3 is 48.9 Å². The first-order chi connectivity index (χ1) is 17.9. The van der Waals surface area contributed by atoms with Crippen LogP contribution in [0, 0.1) is 0 Å². The highest BCUT2D eigenvalue weighted by Gasteiger charge is 2.38. The number of guanidine groups is 1. The molecule has 38 heavy (non-hydrogen) atoms. The number of aliphatic carboxylic acids is 1. The van der Waals surface area contributed by atoms with Crippen molar-refractivity contribution < 1.29 is 29.1 Å². The maximum Gasteiger partial charge on any atom is 0.326 e. The van der Waals surface area contributed by atoms with Crippen molar-refractivity contribution in [2.24, 2.45) is 27.9 Å². The van der Waals surface area contributed by atoms with Crippen LogP contribution in [0.25, 0.3) is 0 Å². The van der Waals surface area contributed by atoms with Crippen LogP contribution >= 0.6 is 0 Å². The van der Waals surface area contributed by atoms with Gasteiger partial charge in [-0.2, -0.15) is 0 Å². The lowest BCUT2D eigenvalue weighted by Gasteiger charge is -2.29. The van der Waals surface area contributed by atoms with Crippen LogP contribution in [0.5, 0.6) is 0 Å². The van der Waals surface area contributed by atoms with Gasteiger partial charge in [0.25, 0.3) is 0 Å². The molecule has 1 rings (SSSR count). The third kappa shape index (κ3) is 10.9. The minimum atomic E-state index is -1.16. The first kappa shape index (κ1) is 32.6. The van der Waals surface area contributed by atoms with Crippen molar-refractivity contribution in [2.75, 3.05) is 19.6 Å². The van der Waals surface area contributed by atoms with E-state index in [9.17, 15) is 29.1 Å². The van der Waals surface area contributed by atoms with Crippen molar-refractivity contribution in [3.05, 3.63) is 0 Å². The zero-order valence-electron chi connectivity index (χ0n) is 22.2. The molecule has 1 aliphatic rings. The van der Waals surface area contributed by atoms with Crippen molar-refractivity contribution in [3.8, 4) is 0 Å². The second kappa shape index (κ2) is 16.4. The normalized spacial score (nSPS) is 18.0. The van der Waals surface area contributed by atoms with E-state index in [1.807, 2.05) is 0 Å². The Labute approximate surface area is 222 Å². The standard InChI is InChI=1S/C23H43N9O6/c1-13(25)18(33)30-15(8-5-11-28-23(26)27)19(34)29-14(2)21(36)32-12-6-9-17(32)20(35)31-16(22(37)38)7-3-4-10-24/h13-17H,3-12,24-25H2,1-2H3,(H,29,34)(H,30,33)(H,31,35)(H,37,38)(H4,26,27,28)/t13-,14-,15-,16-,17-/m0/s1. The molecule has 1 fully saturated rings. The van der Waals surface area contributed by atoms with Crippen molar-refractivity contribution in [3.63, 3.8) is 0 Å². The van der Waals surface area contributed by atoms with Gasteiger partial charge in [0.2, 0.25) is 23.6 Å². The molecule has 0 aromatic carbocycles. The minimum absolute atomic E-state index is 0.0979. The molecule has 12 N–H and O–H groups in total. The van der Waals surface area contributed by atoms with E-state index < -0.39 is 59.8 Å². The number of carbonyl (C=O) groups excluding carboxylic acids is 4. The van der Waals surface area contributed by atoms with E-state index in [1.54, 1.807) is 0 Å². The minimum Gasteiger partial charge on any atom is -0.480 e. The lowest BCUT2D eigenvalue weighted by atomic mass is 10.1. The topological polar surface area (TPSA) is 261 Å². The number of aliphatic imine (C=N–C) groups is 1. The SMILES string of the molecule is C[C@H](N)C(=O)N[C@@H](CCCN=C(N)N)C(=O)N[C@@H](C)C(=O)N1CCC[C@H]1C(=O)N[C@@H](CCCCN)C(=O)O. The third-order valence-electron chi connectivity index (χ3n) is 6.12. The fourth-order valence-corrected chi connectivity index (χ4v) is 4.02. The predicted octanol–water partition coefficient (Wildman–Crippen LogP) is -2.93. The van der Waals surface area contributed by atoms with Gasteiger partial charge in [-0.05, 0) is 65.3 Å². The van der Waals surface area contributed by atoms with Crippen LogP contribution in [0.15, 0.2) is 4.99 Å². The maximum atomic E-state index is 13.2. The molecule has 1 aliphatic heterocycles. The van der Waals surface area contributed by atoms with Gasteiger partial charge in [-0.15, -0.1) is 0 Å². The number of hydrogen-bond donors (Lipinski definition) is 8. The number of hydrogen-bond acceptors (Lipinski definition) is 8. The zero-order valence-corrected chi connectivity index (χ0v) is 22.2. The summed E-state index contributed by atoms with van der Waals surface area (Å²) >= 11 is 0. The summed E-state index contributed by atoms with van der Waals surface area (Å²) in [4.78, 5) is 67.9. The summed E-state index contributed by atoms with van der Waals surface area (Å²) in [6, 6.07) is -4.79. The largest absolute Gasteiger partial charge is 0.480 e. The first-order valence-corrected chi connectivity index (χ1v) is 12.8. The molecule has 0 unspecified atom stereocenters. The summed E-state index contributed by atoms with van der Waals surface area (Å²) in [6.45, 7) is 3.89. The van der Waals surface area contributed by atoms with Crippen LogP contribution in [0.1, 0.15) is 58.8 Å². The number of amides is 4. The summed E-state index contributed by atoms with van der Waals surface area (Å²) in [7, 11) is 0. The Kier molecular flexibility index (Phi) is 14.1. The number of carboxylic acid groups (broad SMARTS) is 1. The molecule has 15 heteroatoms. The Balaban J connectivity index is 2.83. The molecule has 0 saturated carbocycles. The highest BCUT2D eigenvalue weighted by atomic mass is 16.4. The third-order valence-corrected chi connectivity index (χ3v) is 6.12. The summed E-state index contributed by atoms with van der Waals surface area (Å²) < 4.78 is 0. The van der Waals surface area contributed by atoms with Crippen molar-refractivity contribution >= 4 is 35.6 Å². The number of carboxylic acids is 1. The Morgan fingerprint density at radius 1 is 0.974 bits per heavy atom. The van der Waals surface area contributed by atoms with E-state index in [-0.39, 0.29) is 31.9 Å². The highest BCUT2D eigenvalue weighted by molar-refractivity contribution is 5.95. The lowest BCUT2D eigenvalue weighted by Crippen LogP contribution is -2.57. The van der Waals surface area contributed by atoms with E-state index in [1.165, 1.54) is 18.7 Å². The molecule has 0 radical (unpaired) electrons. The van der Waals surface area contributed by atoms with Gasteiger partial charge in [0.1, 0.15) is 24.2 Å². The second-order valence-corrected chi connectivity index (χ2v) is 9.40. The Bertz CT molecular complexity index is 862. The monoisotopic (exact) mass is 541 g/mol. The average Bonchev–Trinajstić information content (AvgIpc) is 3.34. The zero-order chi connectivity index (χ0) is 28.8. The molecule has 5 atom stereocenters. The molecule has 15 nitrogen and oxygen atoms in total. The first-order valence-electron chi connectivity index (χ1n) is 12.8. The van der Waals surface area contributed by atoms with Gasteiger partial charge in [0.05, 0.1) is 6.04 Å². The quantitative estimate of drug-likeness (QED) is 0.0560. The lowest BCUT2D eigenvalue weighted by molar-refractivity contribution is -0.145. The smallest absolute Gasteiger partial charge is 0.326 e. The molecule has 0 bridgehead atoms. The average molecular weight is 542 g/mol. The molecule has 0 aromatic rings. The van der Waals surface area contributed by atoms with Gasteiger partial charge in [-0.1, -0.05) is 0 Å². The summed E-state index contributed by atoms with van der Waals surface area (Å²) in [5.41, 5.74) is 21.7. The number of nitrogens with zero attached hydrogens (tertiary/aromatic N) is 2. The van der Waals surface area contributed by atoms with Crippen molar-refractivity contribution in [1.82, 2.24) is 20.9 Å². The summed E-state index contributed by atoms with van der Waals surface area (Å²) in [6.07, 6.45) is 2.88. The van der Waals surface area contributed by atoms with Gasteiger partial charge in [0.15, 0.2) is 5.96 Å². The van der Waals surface area contributed by atoms with Gasteiger partial charge >= 0.3 is 5.97 Å². The predicted molar refractivity (Wildman–Crippen MR) is 140 cm³/mol. The number of rotatable bonds is 16. The number of likely N-dealkylation sites (tertiary alicyclic amines) is 1. The summed E-state index contributed by atoms with van der Waals surface area (Å²) in [5, 5.41) is 17.1. The van der Waals surface area contributed by atoms with Crippen molar-refractivity contribution in [2.45, 2.75) is 89.0 Å². The maximum absolute atomic E-state index is 13.2. The summed E-state index contributed by atoms with van der Waals surface area (Å²) in [5.74, 6) is -3.46. The Morgan fingerprint density at radius 2 is 1.63 bits per heavy atom. The molecule has 216 valence electrons. The van der Waals surface area contributed by atoms with Crippen molar-refractivity contribution in [1.29, 1.82) is 0 Å². The van der Waals surface area contributed by atoms with Crippen LogP contribution < -0.4 is 38.9 Å². The van der Waals surface area contributed by atoms with Gasteiger partial charge in [0, 0.05) is 13.1 Å². The van der Waals surface area contributed by atoms with Gasteiger partial charge in [-0.3, -0.25) is 24.2 Å². The number of unbranched alkanes of at least 4 members (excludes halogenated alkanes) is 1. The van der Waals surface area contributed by atoms with E-state index in [0.717, 1.165) is 0 Å². The van der Waals surface area contributed by atoms with Gasteiger partial charge in [-0.25, -0.2) is 4.79 Å². The molecule has 1 saturated heterocycles. The van der Waals surface area contributed by atoms with Crippen LogP contribution in [0.2, 0.25) is 0 Å². The molecular weight excluding hydrogens is 498 g/mol. The fourth-order valence-electron chi connectivity index (χ4n) is 4.02. The second-order valence-electron chi connectivity index (χ2n) is 9.40. The fraction of sp³-hybridized carbons (Fsp3) is 0.739. The Morgan fingerprint density at radius 3 is 2.21 bits per heavy atom. The van der Waals surface area contributed by atoms with E-state index in [0.29, 0.717) is 38.6 Å². The molecule has 1 heterocycles. The van der Waals surface area contributed by atoms with E-state index >= 15 is 0 Å². The van der Waals surface area contributed by atoms with E-state index in [2.05, 4.69) is 20.9 Å². The molecule has 0 spiro atoms. The highest BCUT2D eigenvalue weighted by Crippen LogP contribution is 2.19. The number of carbonyl (C=O) groups is 5. The molecule has 0 aliphatic carbocycles.